The van der Waals surface area contributed by atoms with Crippen molar-refractivity contribution in [3.8, 4) is 0 Å². The molecule has 1 heterocycles. The van der Waals surface area contributed by atoms with Crippen LogP contribution in [0.3, 0.4) is 0 Å². The lowest BCUT2D eigenvalue weighted by Gasteiger charge is -2.35. The van der Waals surface area contributed by atoms with Crippen molar-refractivity contribution in [2.75, 3.05) is 13.1 Å². The molecule has 19 heavy (non-hydrogen) atoms. The molecular formula is C13H26N4O2. The van der Waals surface area contributed by atoms with Gasteiger partial charge in [-0.25, -0.2) is 4.79 Å². The van der Waals surface area contributed by atoms with Gasteiger partial charge in [-0.15, -0.1) is 0 Å². The highest BCUT2D eigenvalue weighted by molar-refractivity contribution is 5.86. The molecule has 0 spiro atoms. The molecule has 1 unspecified atom stereocenters. The molecule has 0 aromatic rings. The largest absolute Gasteiger partial charge is 0.352 e. The van der Waals surface area contributed by atoms with Crippen molar-refractivity contribution in [3.05, 3.63) is 0 Å². The number of nitrogens with zero attached hydrogens (tertiary/aromatic N) is 1. The lowest BCUT2D eigenvalue weighted by molar-refractivity contribution is -0.134. The summed E-state index contributed by atoms with van der Waals surface area (Å²) in [5.41, 5.74) is 11.0. The first-order valence-electron chi connectivity index (χ1n) is 7.06. The first-order valence-corrected chi connectivity index (χ1v) is 7.06. The van der Waals surface area contributed by atoms with Crippen LogP contribution in [0.2, 0.25) is 0 Å². The third-order valence-corrected chi connectivity index (χ3v) is 3.79. The number of carbonyl (C=O) groups excluding carboxylic acids is 2. The molecule has 0 bridgehead atoms. The second-order valence-electron chi connectivity index (χ2n) is 5.37. The molecule has 0 aliphatic carbocycles. The average Bonchev–Trinajstić information content (AvgIpc) is 2.37. The minimum atomic E-state index is -0.641. The van der Waals surface area contributed by atoms with Crippen LogP contribution in [0.4, 0.5) is 4.79 Å². The summed E-state index contributed by atoms with van der Waals surface area (Å²) in [4.78, 5) is 25.1. The van der Waals surface area contributed by atoms with Gasteiger partial charge < -0.3 is 21.7 Å². The lowest BCUT2D eigenvalue weighted by atomic mass is 9.90. The van der Waals surface area contributed by atoms with Crippen LogP contribution in [0.15, 0.2) is 0 Å². The molecule has 1 saturated heterocycles. The number of hydrogen-bond acceptors (Lipinski definition) is 3. The maximum Gasteiger partial charge on any atom is 0.312 e. The summed E-state index contributed by atoms with van der Waals surface area (Å²) in [6.45, 7) is 5.42. The van der Waals surface area contributed by atoms with E-state index >= 15 is 0 Å². The van der Waals surface area contributed by atoms with Gasteiger partial charge in [-0.2, -0.15) is 0 Å². The normalized spacial score (nSPS) is 19.8. The van der Waals surface area contributed by atoms with Crippen molar-refractivity contribution >= 4 is 11.9 Å². The molecule has 6 heteroatoms. The van der Waals surface area contributed by atoms with Gasteiger partial charge >= 0.3 is 6.03 Å². The zero-order chi connectivity index (χ0) is 14.4. The highest BCUT2D eigenvalue weighted by atomic mass is 16.2. The molecule has 3 amide bonds. The third kappa shape index (κ3) is 4.70. The number of rotatable bonds is 5. The first kappa shape index (κ1) is 15.8. The molecule has 0 aromatic carbocycles. The second kappa shape index (κ2) is 7.33. The predicted octanol–water partition coefficient (Wildman–Crippen LogP) is 0.409. The average molecular weight is 270 g/mol. The lowest BCUT2D eigenvalue weighted by Crippen LogP contribution is -2.52. The molecule has 110 valence electrons. The number of likely N-dealkylation sites (tertiary alicyclic amines) is 1. The molecular weight excluding hydrogens is 244 g/mol. The third-order valence-electron chi connectivity index (χ3n) is 3.79. The summed E-state index contributed by atoms with van der Waals surface area (Å²) in [5, 5.41) is 2.53. The van der Waals surface area contributed by atoms with E-state index in [0.29, 0.717) is 25.4 Å². The van der Waals surface area contributed by atoms with E-state index in [1.54, 1.807) is 0 Å². The molecule has 1 aliphatic rings. The summed E-state index contributed by atoms with van der Waals surface area (Å²) in [6.07, 6.45) is 3.31. The van der Waals surface area contributed by atoms with Crippen molar-refractivity contribution < 1.29 is 9.59 Å². The minimum absolute atomic E-state index is 0.0243. The molecule has 1 rings (SSSR count). The van der Waals surface area contributed by atoms with Crippen molar-refractivity contribution in [2.45, 2.75) is 51.6 Å². The van der Waals surface area contributed by atoms with E-state index in [0.717, 1.165) is 19.3 Å². The van der Waals surface area contributed by atoms with Gasteiger partial charge in [0.15, 0.2) is 0 Å². The van der Waals surface area contributed by atoms with E-state index in [1.807, 2.05) is 18.7 Å². The maximum atomic E-state index is 12.3. The zero-order valence-corrected chi connectivity index (χ0v) is 11.9. The molecule has 5 N–H and O–H groups in total. The van der Waals surface area contributed by atoms with Gasteiger partial charge in [-0.1, -0.05) is 13.3 Å². The van der Waals surface area contributed by atoms with Crippen LogP contribution in [0.1, 0.15) is 39.5 Å². The number of primary amides is 1. The minimum Gasteiger partial charge on any atom is -0.352 e. The number of carbonyl (C=O) groups is 2. The Morgan fingerprint density at radius 3 is 2.37 bits per heavy atom. The molecule has 1 fully saturated rings. The Balaban J connectivity index is 2.54. The van der Waals surface area contributed by atoms with Gasteiger partial charge in [0.2, 0.25) is 5.91 Å². The highest BCUT2D eigenvalue weighted by Gasteiger charge is 2.29. The van der Waals surface area contributed by atoms with E-state index < -0.39 is 12.1 Å². The topological polar surface area (TPSA) is 101 Å². The van der Waals surface area contributed by atoms with Gasteiger partial charge in [0.1, 0.15) is 6.04 Å². The molecule has 0 saturated carbocycles. The molecule has 0 aromatic heterocycles. The Morgan fingerprint density at radius 1 is 1.37 bits per heavy atom. The molecule has 2 atom stereocenters. The van der Waals surface area contributed by atoms with E-state index in [9.17, 15) is 9.59 Å². The zero-order valence-electron chi connectivity index (χ0n) is 11.9. The summed E-state index contributed by atoms with van der Waals surface area (Å²) in [7, 11) is 0. The van der Waals surface area contributed by atoms with E-state index in [-0.39, 0.29) is 11.9 Å². The van der Waals surface area contributed by atoms with Crippen molar-refractivity contribution in [1.82, 2.24) is 10.2 Å². The van der Waals surface area contributed by atoms with Gasteiger partial charge in [-0.3, -0.25) is 4.79 Å². The standard InChI is InChI=1S/C13H26N4O2/c1-3-4-11(16-13(15)19)12(18)17-7-5-10(6-8-17)9(2)14/h9-11H,3-8,14H2,1-2H3,(H3,15,16,19)/t9?,11-/m1/s1. The van der Waals surface area contributed by atoms with Gasteiger partial charge in [-0.05, 0) is 32.1 Å². The number of amides is 3. The Hall–Kier alpha value is -1.30. The van der Waals surface area contributed by atoms with Crippen LogP contribution >= 0.6 is 0 Å². The van der Waals surface area contributed by atoms with Gasteiger partial charge in [0.25, 0.3) is 0 Å². The molecule has 1 aliphatic heterocycles. The SMILES string of the molecule is CCC[C@@H](NC(N)=O)C(=O)N1CCC(C(C)N)CC1. The summed E-state index contributed by atoms with van der Waals surface area (Å²) >= 11 is 0. The molecule has 0 radical (unpaired) electrons. The highest BCUT2D eigenvalue weighted by Crippen LogP contribution is 2.20. The predicted molar refractivity (Wildman–Crippen MR) is 74.4 cm³/mol. The number of nitrogens with two attached hydrogens (primary N) is 2. The Bertz CT molecular complexity index is 312. The number of nitrogens with one attached hydrogen (secondary N) is 1. The fourth-order valence-corrected chi connectivity index (χ4v) is 2.58. The van der Waals surface area contributed by atoms with Crippen molar-refractivity contribution in [3.63, 3.8) is 0 Å². The number of urea groups is 1. The maximum absolute atomic E-state index is 12.3. The Kier molecular flexibility index (Phi) is 6.08. The fourth-order valence-electron chi connectivity index (χ4n) is 2.58. The quantitative estimate of drug-likeness (QED) is 0.674. The van der Waals surface area contributed by atoms with Crippen LogP contribution in [0.25, 0.3) is 0 Å². The summed E-state index contributed by atoms with van der Waals surface area (Å²) in [5.74, 6) is 0.460. The van der Waals surface area contributed by atoms with E-state index in [2.05, 4.69) is 5.32 Å². The molecule has 6 nitrogen and oxygen atoms in total. The van der Waals surface area contributed by atoms with Gasteiger partial charge in [0, 0.05) is 19.1 Å². The summed E-state index contributed by atoms with van der Waals surface area (Å²) in [6, 6.07) is -0.959. The Morgan fingerprint density at radius 2 is 1.95 bits per heavy atom. The second-order valence-corrected chi connectivity index (χ2v) is 5.37. The summed E-state index contributed by atoms with van der Waals surface area (Å²) < 4.78 is 0. The smallest absolute Gasteiger partial charge is 0.312 e. The monoisotopic (exact) mass is 270 g/mol. The van der Waals surface area contributed by atoms with Crippen molar-refractivity contribution in [1.29, 1.82) is 0 Å². The van der Waals surface area contributed by atoms with Crippen LogP contribution in [-0.2, 0) is 4.79 Å². The van der Waals surface area contributed by atoms with E-state index in [1.165, 1.54) is 0 Å². The van der Waals surface area contributed by atoms with Crippen LogP contribution < -0.4 is 16.8 Å². The van der Waals surface area contributed by atoms with Crippen molar-refractivity contribution in [2.24, 2.45) is 17.4 Å². The van der Waals surface area contributed by atoms with Crippen LogP contribution in [0.5, 0.6) is 0 Å². The first-order chi connectivity index (χ1) is 8.95. The van der Waals surface area contributed by atoms with E-state index in [4.69, 9.17) is 11.5 Å². The van der Waals surface area contributed by atoms with Crippen LogP contribution in [0, 0.1) is 5.92 Å². The van der Waals surface area contributed by atoms with Crippen LogP contribution in [-0.4, -0.2) is 42.0 Å². The Labute approximate surface area is 114 Å². The number of piperidine rings is 1. The van der Waals surface area contributed by atoms with Gasteiger partial charge in [0.05, 0.1) is 0 Å². The number of hydrogen-bond donors (Lipinski definition) is 3. The fraction of sp³-hybridized carbons (Fsp3) is 0.846.